The highest BCUT2D eigenvalue weighted by atomic mass is 16.5. The molecule has 0 atom stereocenters. The number of para-hydroxylation sites is 1. The summed E-state index contributed by atoms with van der Waals surface area (Å²) in [6, 6.07) is 11.8. The molecular formula is C23H26N2O6. The maximum Gasteiger partial charge on any atom is 0.338 e. The van der Waals surface area contributed by atoms with Crippen molar-refractivity contribution >= 4 is 35.1 Å². The fourth-order valence-electron chi connectivity index (χ4n) is 2.75. The molecule has 8 heteroatoms. The second kappa shape index (κ2) is 11.5. The van der Waals surface area contributed by atoms with Crippen LogP contribution in [0.15, 0.2) is 42.5 Å². The molecule has 0 heterocycles. The SMILES string of the molecule is CCOC(=O)c1ccc(NC(=O)COC(=O)CCC(=O)Nc2c(C)cccc2C)cc1. The lowest BCUT2D eigenvalue weighted by Gasteiger charge is -2.11. The van der Waals surface area contributed by atoms with Crippen molar-refractivity contribution in [2.45, 2.75) is 33.6 Å². The zero-order valence-corrected chi connectivity index (χ0v) is 17.8. The summed E-state index contributed by atoms with van der Waals surface area (Å²) >= 11 is 0. The average molecular weight is 426 g/mol. The van der Waals surface area contributed by atoms with Crippen LogP contribution in [-0.4, -0.2) is 37.0 Å². The van der Waals surface area contributed by atoms with Crippen molar-refractivity contribution in [2.75, 3.05) is 23.8 Å². The van der Waals surface area contributed by atoms with Crippen LogP contribution >= 0.6 is 0 Å². The Balaban J connectivity index is 1.72. The standard InChI is InChI=1S/C23H26N2O6/c1-4-30-23(29)17-8-10-18(11-9-17)24-20(27)14-31-21(28)13-12-19(26)25-22-15(2)6-5-7-16(22)3/h5-11H,4,12-14H2,1-3H3,(H,24,27)(H,25,26). The Bertz CT molecular complexity index is 933. The Morgan fingerprint density at radius 2 is 1.45 bits per heavy atom. The summed E-state index contributed by atoms with van der Waals surface area (Å²) in [6.45, 7) is 5.29. The van der Waals surface area contributed by atoms with Crippen molar-refractivity contribution in [2.24, 2.45) is 0 Å². The summed E-state index contributed by atoms with van der Waals surface area (Å²) in [7, 11) is 0. The van der Waals surface area contributed by atoms with Crippen LogP contribution in [0.3, 0.4) is 0 Å². The molecule has 2 aromatic rings. The first-order valence-electron chi connectivity index (χ1n) is 9.89. The van der Waals surface area contributed by atoms with E-state index in [1.165, 1.54) is 12.1 Å². The van der Waals surface area contributed by atoms with Crippen molar-refractivity contribution in [1.29, 1.82) is 0 Å². The first-order chi connectivity index (χ1) is 14.8. The average Bonchev–Trinajstić information content (AvgIpc) is 2.74. The quantitative estimate of drug-likeness (QED) is 0.595. The van der Waals surface area contributed by atoms with Crippen molar-refractivity contribution in [3.8, 4) is 0 Å². The van der Waals surface area contributed by atoms with Crippen LogP contribution in [0, 0.1) is 13.8 Å². The van der Waals surface area contributed by atoms with Gasteiger partial charge in [-0.25, -0.2) is 4.79 Å². The van der Waals surface area contributed by atoms with Gasteiger partial charge in [0, 0.05) is 17.8 Å². The first kappa shape index (κ1) is 23.6. The van der Waals surface area contributed by atoms with Gasteiger partial charge in [-0.3, -0.25) is 14.4 Å². The Morgan fingerprint density at radius 1 is 0.806 bits per heavy atom. The summed E-state index contributed by atoms with van der Waals surface area (Å²) in [5.74, 6) is -1.93. The smallest absolute Gasteiger partial charge is 0.338 e. The minimum Gasteiger partial charge on any atom is -0.462 e. The first-order valence-corrected chi connectivity index (χ1v) is 9.89. The minimum absolute atomic E-state index is 0.0520. The molecule has 0 fully saturated rings. The lowest BCUT2D eigenvalue weighted by molar-refractivity contribution is -0.147. The van der Waals surface area contributed by atoms with E-state index in [4.69, 9.17) is 9.47 Å². The van der Waals surface area contributed by atoms with E-state index in [1.54, 1.807) is 19.1 Å². The van der Waals surface area contributed by atoms with Crippen LogP contribution in [0.25, 0.3) is 0 Å². The largest absolute Gasteiger partial charge is 0.462 e. The molecule has 0 saturated carbocycles. The second-order valence-electron chi connectivity index (χ2n) is 6.82. The molecule has 0 radical (unpaired) electrons. The molecule has 2 amide bonds. The number of nitrogens with one attached hydrogen (secondary N) is 2. The number of hydrogen-bond acceptors (Lipinski definition) is 6. The van der Waals surface area contributed by atoms with Crippen LogP contribution in [0.1, 0.15) is 41.3 Å². The normalized spacial score (nSPS) is 10.2. The van der Waals surface area contributed by atoms with Gasteiger partial charge >= 0.3 is 11.9 Å². The predicted octanol–water partition coefficient (Wildman–Crippen LogP) is 3.38. The third-order valence-corrected chi connectivity index (χ3v) is 4.35. The third kappa shape index (κ3) is 7.58. The van der Waals surface area contributed by atoms with Gasteiger partial charge in [0.2, 0.25) is 5.91 Å². The maximum absolute atomic E-state index is 12.1. The van der Waals surface area contributed by atoms with Gasteiger partial charge in [-0.05, 0) is 56.2 Å². The van der Waals surface area contributed by atoms with Gasteiger partial charge in [0.25, 0.3) is 5.91 Å². The second-order valence-corrected chi connectivity index (χ2v) is 6.82. The van der Waals surface area contributed by atoms with E-state index >= 15 is 0 Å². The monoisotopic (exact) mass is 426 g/mol. The fraction of sp³-hybridized carbons (Fsp3) is 0.304. The molecule has 0 spiro atoms. The van der Waals surface area contributed by atoms with Gasteiger partial charge in [0.15, 0.2) is 6.61 Å². The highest BCUT2D eigenvalue weighted by molar-refractivity contribution is 5.95. The Morgan fingerprint density at radius 3 is 2.06 bits per heavy atom. The topological polar surface area (TPSA) is 111 Å². The van der Waals surface area contributed by atoms with Gasteiger partial charge in [0.1, 0.15) is 0 Å². The third-order valence-electron chi connectivity index (χ3n) is 4.35. The van der Waals surface area contributed by atoms with Gasteiger partial charge in [-0.1, -0.05) is 18.2 Å². The molecule has 0 aliphatic heterocycles. The van der Waals surface area contributed by atoms with Gasteiger partial charge in [-0.2, -0.15) is 0 Å². The van der Waals surface area contributed by atoms with E-state index < -0.39 is 24.5 Å². The van der Waals surface area contributed by atoms with Crippen LogP contribution in [0.2, 0.25) is 0 Å². The minimum atomic E-state index is -0.649. The zero-order valence-electron chi connectivity index (χ0n) is 17.8. The number of rotatable bonds is 9. The molecule has 0 bridgehead atoms. The molecule has 2 N–H and O–H groups in total. The number of carbonyl (C=O) groups is 4. The van der Waals surface area contributed by atoms with E-state index in [-0.39, 0.29) is 25.4 Å². The number of ether oxygens (including phenoxy) is 2. The summed E-state index contributed by atoms with van der Waals surface area (Å²) in [5.41, 5.74) is 3.41. The number of amides is 2. The number of benzene rings is 2. The van der Waals surface area contributed by atoms with Crippen molar-refractivity contribution < 1.29 is 28.7 Å². The highest BCUT2D eigenvalue weighted by Gasteiger charge is 2.13. The Labute approximate surface area is 180 Å². The maximum atomic E-state index is 12.1. The lowest BCUT2D eigenvalue weighted by Crippen LogP contribution is -2.22. The molecular weight excluding hydrogens is 400 g/mol. The Kier molecular flexibility index (Phi) is 8.75. The molecule has 0 saturated heterocycles. The lowest BCUT2D eigenvalue weighted by atomic mass is 10.1. The zero-order chi connectivity index (χ0) is 22.8. The molecule has 0 aromatic heterocycles. The number of aryl methyl sites for hydroxylation is 2. The van der Waals surface area contributed by atoms with E-state index in [0.717, 1.165) is 16.8 Å². The van der Waals surface area contributed by atoms with E-state index in [9.17, 15) is 19.2 Å². The summed E-state index contributed by atoms with van der Waals surface area (Å²) in [4.78, 5) is 47.5. The van der Waals surface area contributed by atoms with Crippen molar-refractivity contribution in [1.82, 2.24) is 0 Å². The van der Waals surface area contributed by atoms with Gasteiger partial charge in [-0.15, -0.1) is 0 Å². The fourth-order valence-corrected chi connectivity index (χ4v) is 2.75. The highest BCUT2D eigenvalue weighted by Crippen LogP contribution is 2.19. The van der Waals surface area contributed by atoms with Gasteiger partial charge in [0.05, 0.1) is 18.6 Å². The molecule has 0 unspecified atom stereocenters. The van der Waals surface area contributed by atoms with Crippen molar-refractivity contribution in [3.05, 3.63) is 59.2 Å². The van der Waals surface area contributed by atoms with E-state index in [0.29, 0.717) is 11.3 Å². The van der Waals surface area contributed by atoms with Crippen molar-refractivity contribution in [3.63, 3.8) is 0 Å². The molecule has 2 aromatic carbocycles. The van der Waals surface area contributed by atoms with Crippen LogP contribution < -0.4 is 10.6 Å². The molecule has 164 valence electrons. The summed E-state index contributed by atoms with van der Waals surface area (Å²) in [5, 5.41) is 5.35. The molecule has 8 nitrogen and oxygen atoms in total. The Hall–Kier alpha value is -3.68. The van der Waals surface area contributed by atoms with Crippen LogP contribution in [0.4, 0.5) is 11.4 Å². The molecule has 0 aliphatic rings. The molecule has 2 rings (SSSR count). The summed E-state index contributed by atoms with van der Waals surface area (Å²) in [6.07, 6.45) is -0.193. The number of carbonyl (C=O) groups excluding carboxylic acids is 4. The predicted molar refractivity (Wildman–Crippen MR) is 116 cm³/mol. The van der Waals surface area contributed by atoms with Crippen LogP contribution in [-0.2, 0) is 23.9 Å². The number of hydrogen-bond donors (Lipinski definition) is 2. The van der Waals surface area contributed by atoms with Gasteiger partial charge < -0.3 is 20.1 Å². The molecule has 0 aliphatic carbocycles. The van der Waals surface area contributed by atoms with E-state index in [2.05, 4.69) is 10.6 Å². The van der Waals surface area contributed by atoms with Crippen LogP contribution in [0.5, 0.6) is 0 Å². The number of esters is 2. The summed E-state index contributed by atoms with van der Waals surface area (Å²) < 4.78 is 9.80. The number of anilines is 2. The molecule has 31 heavy (non-hydrogen) atoms. The van der Waals surface area contributed by atoms with E-state index in [1.807, 2.05) is 32.0 Å².